The van der Waals surface area contributed by atoms with Crippen LogP contribution in [0.3, 0.4) is 0 Å². The van der Waals surface area contributed by atoms with Gasteiger partial charge < -0.3 is 10.0 Å². The van der Waals surface area contributed by atoms with Gasteiger partial charge in [0, 0.05) is 25.2 Å². The maximum atomic E-state index is 10.8. The van der Waals surface area contributed by atoms with Crippen LogP contribution in [0.1, 0.15) is 30.4 Å². The molecular weight excluding hydrogens is 202 g/mol. The van der Waals surface area contributed by atoms with E-state index in [-0.39, 0.29) is 12.3 Å². The molecule has 1 atom stereocenters. The number of carbonyl (C=O) groups is 1. The van der Waals surface area contributed by atoms with Gasteiger partial charge in [-0.2, -0.15) is 0 Å². The van der Waals surface area contributed by atoms with Crippen molar-refractivity contribution in [2.24, 2.45) is 0 Å². The van der Waals surface area contributed by atoms with Crippen molar-refractivity contribution in [2.75, 3.05) is 18.5 Å². The Hall–Kier alpha value is -1.51. The third kappa shape index (κ3) is 1.77. The first-order valence-electron chi connectivity index (χ1n) is 5.68. The van der Waals surface area contributed by atoms with Gasteiger partial charge in [0.05, 0.1) is 6.42 Å². The number of hydrogen-bond acceptors (Lipinski definition) is 2. The summed E-state index contributed by atoms with van der Waals surface area (Å²) in [5.41, 5.74) is 3.76. The van der Waals surface area contributed by atoms with Crippen LogP contribution in [0.5, 0.6) is 0 Å². The van der Waals surface area contributed by atoms with E-state index in [1.165, 1.54) is 16.8 Å². The minimum Gasteiger partial charge on any atom is -0.481 e. The third-order valence-corrected chi connectivity index (χ3v) is 3.27. The Morgan fingerprint density at radius 2 is 2.31 bits per heavy atom. The highest BCUT2D eigenvalue weighted by Gasteiger charge is 2.29. The van der Waals surface area contributed by atoms with Gasteiger partial charge >= 0.3 is 5.97 Å². The van der Waals surface area contributed by atoms with Crippen molar-refractivity contribution in [1.29, 1.82) is 0 Å². The summed E-state index contributed by atoms with van der Waals surface area (Å²) >= 11 is 0. The van der Waals surface area contributed by atoms with E-state index < -0.39 is 5.97 Å². The summed E-state index contributed by atoms with van der Waals surface area (Å²) in [5, 5.41) is 8.89. The Balaban J connectivity index is 2.39. The van der Waals surface area contributed by atoms with E-state index in [0.29, 0.717) is 0 Å². The second-order valence-electron chi connectivity index (χ2n) is 4.38. The lowest BCUT2D eigenvalue weighted by Crippen LogP contribution is -2.17. The van der Waals surface area contributed by atoms with E-state index in [0.717, 1.165) is 13.0 Å². The first-order chi connectivity index (χ1) is 7.63. The summed E-state index contributed by atoms with van der Waals surface area (Å²) in [5.74, 6) is -0.572. The molecule has 0 radical (unpaired) electrons. The van der Waals surface area contributed by atoms with Crippen LogP contribution >= 0.6 is 0 Å². The summed E-state index contributed by atoms with van der Waals surface area (Å²) < 4.78 is 0. The fourth-order valence-corrected chi connectivity index (χ4v) is 2.60. The first kappa shape index (κ1) is 11.0. The molecule has 0 aliphatic carbocycles. The van der Waals surface area contributed by atoms with E-state index in [4.69, 9.17) is 5.11 Å². The van der Waals surface area contributed by atoms with Crippen molar-refractivity contribution in [2.45, 2.75) is 25.7 Å². The molecule has 0 spiro atoms. The van der Waals surface area contributed by atoms with Crippen LogP contribution in [0, 0.1) is 0 Å². The van der Waals surface area contributed by atoms with Crippen LogP contribution in [-0.4, -0.2) is 24.7 Å². The Morgan fingerprint density at radius 3 is 2.94 bits per heavy atom. The van der Waals surface area contributed by atoms with Gasteiger partial charge in [0.15, 0.2) is 0 Å². The maximum absolute atomic E-state index is 10.8. The lowest BCUT2D eigenvalue weighted by Gasteiger charge is -2.15. The van der Waals surface area contributed by atoms with Crippen molar-refractivity contribution >= 4 is 11.7 Å². The number of anilines is 1. The summed E-state index contributed by atoms with van der Waals surface area (Å²) in [7, 11) is 2.04. The number of aryl methyl sites for hydroxylation is 1. The van der Waals surface area contributed by atoms with Gasteiger partial charge in [0.2, 0.25) is 0 Å². The second kappa shape index (κ2) is 4.16. The molecule has 0 fully saturated rings. The molecule has 0 amide bonds. The average Bonchev–Trinajstić information content (AvgIpc) is 2.55. The number of likely N-dealkylation sites (N-methyl/N-ethyl adjacent to an activating group) is 1. The standard InChI is InChI=1S/C13H17NO2/c1-3-9-5-4-6-11-10(7-12(15)16)8-14(2)13(9)11/h4-6,10H,3,7-8H2,1-2H3,(H,15,16). The quantitative estimate of drug-likeness (QED) is 0.847. The molecule has 1 aliphatic rings. The van der Waals surface area contributed by atoms with E-state index in [9.17, 15) is 4.79 Å². The fourth-order valence-electron chi connectivity index (χ4n) is 2.60. The highest BCUT2D eigenvalue weighted by molar-refractivity contribution is 5.72. The number of benzene rings is 1. The number of para-hydroxylation sites is 1. The molecule has 0 saturated heterocycles. The Labute approximate surface area is 95.7 Å². The highest BCUT2D eigenvalue weighted by atomic mass is 16.4. The molecular formula is C13H17NO2. The zero-order valence-electron chi connectivity index (χ0n) is 9.73. The van der Waals surface area contributed by atoms with E-state index >= 15 is 0 Å². The van der Waals surface area contributed by atoms with Crippen molar-refractivity contribution in [1.82, 2.24) is 0 Å². The average molecular weight is 219 g/mol. The molecule has 1 heterocycles. The largest absolute Gasteiger partial charge is 0.481 e. The van der Waals surface area contributed by atoms with Crippen molar-refractivity contribution < 1.29 is 9.90 Å². The molecule has 0 aromatic heterocycles. The van der Waals surface area contributed by atoms with Crippen molar-refractivity contribution in [3.8, 4) is 0 Å². The molecule has 86 valence electrons. The zero-order chi connectivity index (χ0) is 11.7. The minimum absolute atomic E-state index is 0.143. The molecule has 1 aromatic rings. The smallest absolute Gasteiger partial charge is 0.304 e. The van der Waals surface area contributed by atoms with Crippen molar-refractivity contribution in [3.05, 3.63) is 29.3 Å². The predicted molar refractivity (Wildman–Crippen MR) is 64.1 cm³/mol. The number of hydrogen-bond donors (Lipinski definition) is 1. The summed E-state index contributed by atoms with van der Waals surface area (Å²) in [6.07, 6.45) is 1.22. The van der Waals surface area contributed by atoms with Gasteiger partial charge in [-0.15, -0.1) is 0 Å². The van der Waals surface area contributed by atoms with Gasteiger partial charge in [-0.25, -0.2) is 0 Å². The number of fused-ring (bicyclic) bond motifs is 1. The molecule has 3 heteroatoms. The topological polar surface area (TPSA) is 40.5 Å². The fraction of sp³-hybridized carbons (Fsp3) is 0.462. The molecule has 3 nitrogen and oxygen atoms in total. The van der Waals surface area contributed by atoms with Crippen LogP contribution < -0.4 is 4.90 Å². The maximum Gasteiger partial charge on any atom is 0.304 e. The molecule has 1 N–H and O–H groups in total. The second-order valence-corrected chi connectivity index (χ2v) is 4.38. The van der Waals surface area contributed by atoms with Gasteiger partial charge in [-0.05, 0) is 17.5 Å². The molecule has 1 unspecified atom stereocenters. The summed E-state index contributed by atoms with van der Waals surface area (Å²) in [6, 6.07) is 6.22. The Bertz CT molecular complexity index is 414. The molecule has 1 aliphatic heterocycles. The SMILES string of the molecule is CCc1cccc2c1N(C)CC2CC(=O)O. The predicted octanol–water partition coefficient (Wildman–Crippen LogP) is 2.26. The van der Waals surface area contributed by atoms with Crippen LogP contribution in [0.15, 0.2) is 18.2 Å². The minimum atomic E-state index is -0.715. The van der Waals surface area contributed by atoms with E-state index in [2.05, 4.69) is 24.0 Å². The summed E-state index contributed by atoms with van der Waals surface area (Å²) in [4.78, 5) is 13.0. The third-order valence-electron chi connectivity index (χ3n) is 3.27. The number of nitrogens with zero attached hydrogens (tertiary/aromatic N) is 1. The number of aliphatic carboxylic acids is 1. The first-order valence-corrected chi connectivity index (χ1v) is 5.68. The van der Waals surface area contributed by atoms with Crippen LogP contribution in [0.25, 0.3) is 0 Å². The van der Waals surface area contributed by atoms with E-state index in [1.54, 1.807) is 0 Å². The number of carboxylic acid groups (broad SMARTS) is 1. The lowest BCUT2D eigenvalue weighted by atomic mass is 9.96. The normalized spacial score (nSPS) is 18.6. The molecule has 0 bridgehead atoms. The molecule has 16 heavy (non-hydrogen) atoms. The Kier molecular flexibility index (Phi) is 2.86. The zero-order valence-corrected chi connectivity index (χ0v) is 9.73. The van der Waals surface area contributed by atoms with Gasteiger partial charge in [-0.3, -0.25) is 4.79 Å². The monoisotopic (exact) mass is 219 g/mol. The molecule has 0 saturated carbocycles. The van der Waals surface area contributed by atoms with Gasteiger partial charge in [0.1, 0.15) is 0 Å². The van der Waals surface area contributed by atoms with Crippen LogP contribution in [-0.2, 0) is 11.2 Å². The van der Waals surface area contributed by atoms with E-state index in [1.807, 2.05) is 13.1 Å². The van der Waals surface area contributed by atoms with Crippen LogP contribution in [0.4, 0.5) is 5.69 Å². The van der Waals surface area contributed by atoms with Gasteiger partial charge in [-0.1, -0.05) is 25.1 Å². The van der Waals surface area contributed by atoms with Crippen molar-refractivity contribution in [3.63, 3.8) is 0 Å². The number of rotatable bonds is 3. The number of carboxylic acids is 1. The van der Waals surface area contributed by atoms with Crippen LogP contribution in [0.2, 0.25) is 0 Å². The highest BCUT2D eigenvalue weighted by Crippen LogP contribution is 2.39. The molecule has 2 rings (SSSR count). The Morgan fingerprint density at radius 1 is 1.56 bits per heavy atom. The van der Waals surface area contributed by atoms with Gasteiger partial charge in [0.25, 0.3) is 0 Å². The molecule has 1 aromatic carbocycles. The summed E-state index contributed by atoms with van der Waals surface area (Å²) in [6.45, 7) is 2.95. The lowest BCUT2D eigenvalue weighted by molar-refractivity contribution is -0.137.